The molecule has 1 aromatic rings. The van der Waals surface area contributed by atoms with Crippen LogP contribution in [0, 0.1) is 5.92 Å². The second-order valence-electron chi connectivity index (χ2n) is 9.47. The summed E-state index contributed by atoms with van der Waals surface area (Å²) in [4.78, 5) is 15.5. The summed E-state index contributed by atoms with van der Waals surface area (Å²) in [5, 5.41) is 3.04. The molecule has 186 valence electrons. The fourth-order valence-corrected chi connectivity index (χ4v) is 6.62. The van der Waals surface area contributed by atoms with Gasteiger partial charge in [0.05, 0.1) is 20.3 Å². The first-order chi connectivity index (χ1) is 15.7. The molecule has 2 fully saturated rings. The van der Waals surface area contributed by atoms with Gasteiger partial charge < -0.3 is 14.8 Å². The lowest BCUT2D eigenvalue weighted by atomic mass is 10.0. The molecule has 1 amide bonds. The number of carbonyl (C=O) groups excluding carboxylic acids is 1. The Balaban J connectivity index is 1.77. The van der Waals surface area contributed by atoms with Gasteiger partial charge in [0.2, 0.25) is 10.0 Å². The van der Waals surface area contributed by atoms with Crippen molar-refractivity contribution in [3.63, 3.8) is 0 Å². The Bertz CT molecular complexity index is 899. The highest BCUT2D eigenvalue weighted by molar-refractivity contribution is 7.89. The first-order valence-corrected chi connectivity index (χ1v) is 13.5. The van der Waals surface area contributed by atoms with Crippen LogP contribution in [0.2, 0.25) is 0 Å². The van der Waals surface area contributed by atoms with Gasteiger partial charge in [-0.05, 0) is 50.3 Å². The van der Waals surface area contributed by atoms with Crippen LogP contribution in [-0.4, -0.2) is 82.1 Å². The van der Waals surface area contributed by atoms with Crippen LogP contribution in [-0.2, 0) is 14.8 Å². The van der Waals surface area contributed by atoms with Gasteiger partial charge in [0.1, 0.15) is 10.6 Å². The maximum atomic E-state index is 13.4. The summed E-state index contributed by atoms with van der Waals surface area (Å²) in [6.45, 7) is 10.4. The van der Waals surface area contributed by atoms with Gasteiger partial charge in [0.15, 0.2) is 0 Å². The molecule has 0 radical (unpaired) electrons. The van der Waals surface area contributed by atoms with Gasteiger partial charge in [-0.1, -0.05) is 20.3 Å². The number of hydrogen-bond donors (Lipinski definition) is 1. The van der Waals surface area contributed by atoms with Crippen LogP contribution in [0.4, 0.5) is 0 Å². The van der Waals surface area contributed by atoms with E-state index in [9.17, 15) is 13.2 Å². The second kappa shape index (κ2) is 11.6. The molecule has 2 atom stereocenters. The van der Waals surface area contributed by atoms with Crippen molar-refractivity contribution in [2.75, 3.05) is 46.5 Å². The molecule has 1 aromatic carbocycles. The van der Waals surface area contributed by atoms with Gasteiger partial charge in [-0.2, -0.15) is 4.31 Å². The summed E-state index contributed by atoms with van der Waals surface area (Å²) in [6, 6.07) is 4.80. The van der Waals surface area contributed by atoms with Crippen molar-refractivity contribution >= 4 is 15.9 Å². The number of sulfonamides is 1. The molecule has 0 bridgehead atoms. The lowest BCUT2D eigenvalue weighted by Gasteiger charge is -2.35. The van der Waals surface area contributed by atoms with Gasteiger partial charge in [-0.25, -0.2) is 8.42 Å². The van der Waals surface area contributed by atoms with E-state index in [1.165, 1.54) is 17.5 Å². The molecule has 3 rings (SSSR count). The van der Waals surface area contributed by atoms with E-state index in [2.05, 4.69) is 24.1 Å². The molecule has 1 N–H and O–H groups in total. The zero-order valence-corrected chi connectivity index (χ0v) is 21.2. The van der Waals surface area contributed by atoms with Gasteiger partial charge in [-0.3, -0.25) is 9.69 Å². The van der Waals surface area contributed by atoms with E-state index < -0.39 is 10.0 Å². The summed E-state index contributed by atoms with van der Waals surface area (Å²) < 4.78 is 39.2. The first-order valence-electron chi connectivity index (χ1n) is 12.0. The van der Waals surface area contributed by atoms with Crippen LogP contribution in [0.15, 0.2) is 23.1 Å². The van der Waals surface area contributed by atoms with Gasteiger partial charge in [-0.15, -0.1) is 0 Å². The molecule has 2 aliphatic rings. The van der Waals surface area contributed by atoms with Crippen molar-refractivity contribution in [3.05, 3.63) is 23.8 Å². The van der Waals surface area contributed by atoms with E-state index in [0.29, 0.717) is 37.8 Å². The standard InChI is InChI=1S/C24H39N3O5S/c1-18(2)15-21(26-11-13-32-14-12-26)17-25-24(28)20-8-9-22(31-4)23(16-20)33(29,30)27-10-6-5-7-19(27)3/h8-9,16,18-19,21H,5-7,10-15,17H2,1-4H3,(H,25,28). The minimum atomic E-state index is -3.77. The second-order valence-corrected chi connectivity index (χ2v) is 11.3. The molecular formula is C24H39N3O5S. The SMILES string of the molecule is COc1ccc(C(=O)NCC(CC(C)C)N2CCOCC2)cc1S(=O)(=O)N1CCCCC1C. The lowest BCUT2D eigenvalue weighted by Crippen LogP contribution is -2.49. The average molecular weight is 482 g/mol. The van der Waals surface area contributed by atoms with Crippen LogP contribution in [0.25, 0.3) is 0 Å². The van der Waals surface area contributed by atoms with Crippen molar-refractivity contribution in [1.29, 1.82) is 0 Å². The molecule has 2 unspecified atom stereocenters. The third-order valence-electron chi connectivity index (χ3n) is 6.56. The Labute approximate surface area is 198 Å². The molecule has 9 heteroatoms. The minimum Gasteiger partial charge on any atom is -0.495 e. The zero-order chi connectivity index (χ0) is 24.0. The molecule has 2 saturated heterocycles. The summed E-state index contributed by atoms with van der Waals surface area (Å²) >= 11 is 0. The Kier molecular flexibility index (Phi) is 9.15. The molecule has 0 aliphatic carbocycles. The number of amides is 1. The Morgan fingerprint density at radius 2 is 1.94 bits per heavy atom. The van der Waals surface area contributed by atoms with Crippen molar-refractivity contribution in [3.8, 4) is 5.75 Å². The molecule has 0 saturated carbocycles. The third kappa shape index (κ3) is 6.47. The monoisotopic (exact) mass is 481 g/mol. The third-order valence-corrected chi connectivity index (χ3v) is 8.59. The number of methoxy groups -OCH3 is 1. The van der Waals surface area contributed by atoms with E-state index >= 15 is 0 Å². The quantitative estimate of drug-likeness (QED) is 0.584. The Morgan fingerprint density at radius 1 is 1.21 bits per heavy atom. The molecule has 2 heterocycles. The number of morpholine rings is 1. The normalized spacial score (nSPS) is 21.7. The fourth-order valence-electron chi connectivity index (χ4n) is 4.74. The van der Waals surface area contributed by atoms with E-state index in [1.54, 1.807) is 12.1 Å². The highest BCUT2D eigenvalue weighted by Gasteiger charge is 2.33. The van der Waals surface area contributed by atoms with Gasteiger partial charge in [0, 0.05) is 43.8 Å². The highest BCUT2D eigenvalue weighted by atomic mass is 32.2. The van der Waals surface area contributed by atoms with Crippen molar-refractivity contribution < 1.29 is 22.7 Å². The average Bonchev–Trinajstić information content (AvgIpc) is 2.81. The molecule has 0 aromatic heterocycles. The highest BCUT2D eigenvalue weighted by Crippen LogP contribution is 2.31. The summed E-state index contributed by atoms with van der Waals surface area (Å²) in [5.41, 5.74) is 0.323. The largest absolute Gasteiger partial charge is 0.495 e. The van der Waals surface area contributed by atoms with Crippen molar-refractivity contribution in [1.82, 2.24) is 14.5 Å². The van der Waals surface area contributed by atoms with Crippen molar-refractivity contribution in [2.24, 2.45) is 5.92 Å². The number of ether oxygens (including phenoxy) is 2. The molecule has 2 aliphatic heterocycles. The van der Waals surface area contributed by atoms with Gasteiger partial charge in [0.25, 0.3) is 5.91 Å². The summed E-state index contributed by atoms with van der Waals surface area (Å²) in [6.07, 6.45) is 3.66. The van der Waals surface area contributed by atoms with E-state index in [4.69, 9.17) is 9.47 Å². The number of hydrogen-bond acceptors (Lipinski definition) is 6. The lowest BCUT2D eigenvalue weighted by molar-refractivity contribution is 0.0124. The molecular weight excluding hydrogens is 442 g/mol. The van der Waals surface area contributed by atoms with E-state index in [1.807, 2.05) is 6.92 Å². The maximum Gasteiger partial charge on any atom is 0.251 e. The number of benzene rings is 1. The van der Waals surface area contributed by atoms with E-state index in [0.717, 1.165) is 38.8 Å². The number of carbonyl (C=O) groups is 1. The van der Waals surface area contributed by atoms with Gasteiger partial charge >= 0.3 is 0 Å². The number of nitrogens with zero attached hydrogens (tertiary/aromatic N) is 2. The van der Waals surface area contributed by atoms with Crippen LogP contribution < -0.4 is 10.1 Å². The molecule has 0 spiro atoms. The minimum absolute atomic E-state index is 0.0540. The van der Waals surface area contributed by atoms with Crippen LogP contribution in [0.1, 0.15) is 56.8 Å². The number of rotatable bonds is 9. The van der Waals surface area contributed by atoms with Crippen LogP contribution in [0.5, 0.6) is 5.75 Å². The first kappa shape index (κ1) is 25.9. The van der Waals surface area contributed by atoms with Crippen molar-refractivity contribution in [2.45, 2.75) is 63.4 Å². The zero-order valence-electron chi connectivity index (χ0n) is 20.4. The number of nitrogens with one attached hydrogen (secondary N) is 1. The molecule has 33 heavy (non-hydrogen) atoms. The summed E-state index contributed by atoms with van der Waals surface area (Å²) in [5.74, 6) is 0.483. The topological polar surface area (TPSA) is 88.2 Å². The summed E-state index contributed by atoms with van der Waals surface area (Å²) in [7, 11) is -2.32. The fraction of sp³-hybridized carbons (Fsp3) is 0.708. The predicted octanol–water partition coefficient (Wildman–Crippen LogP) is 2.74. The molecule has 8 nitrogen and oxygen atoms in total. The number of piperidine rings is 1. The van der Waals surface area contributed by atoms with Crippen LogP contribution in [0.3, 0.4) is 0 Å². The van der Waals surface area contributed by atoms with E-state index in [-0.39, 0.29) is 28.6 Å². The van der Waals surface area contributed by atoms with Crippen LogP contribution >= 0.6 is 0 Å². The predicted molar refractivity (Wildman–Crippen MR) is 128 cm³/mol. The Morgan fingerprint density at radius 3 is 2.58 bits per heavy atom. The smallest absolute Gasteiger partial charge is 0.251 e. The maximum absolute atomic E-state index is 13.4. The Hall–Kier alpha value is -1.68.